The van der Waals surface area contributed by atoms with Gasteiger partial charge in [-0.25, -0.2) is 0 Å². The molecule has 0 radical (unpaired) electrons. The smallest absolute Gasteiger partial charge is 0.271 e. The van der Waals surface area contributed by atoms with Crippen molar-refractivity contribution < 1.29 is 4.79 Å². The van der Waals surface area contributed by atoms with Crippen LogP contribution < -0.4 is 10.6 Å². The van der Waals surface area contributed by atoms with Gasteiger partial charge in [-0.05, 0) is 49.2 Å². The highest BCUT2D eigenvalue weighted by molar-refractivity contribution is 6.30. The fraction of sp³-hybridized carbons (Fsp3) is 0.267. The second kappa shape index (κ2) is 7.04. The quantitative estimate of drug-likeness (QED) is 0.889. The molecule has 1 heterocycles. The van der Waals surface area contributed by atoms with E-state index in [2.05, 4.69) is 20.8 Å². The number of hydrogen-bond donors (Lipinski definition) is 2. The molecule has 21 heavy (non-hydrogen) atoms. The first-order valence-electron chi connectivity index (χ1n) is 6.75. The maximum atomic E-state index is 11.7. The van der Waals surface area contributed by atoms with Gasteiger partial charge >= 0.3 is 0 Å². The number of anilines is 2. The highest BCUT2D eigenvalue weighted by atomic mass is 35.5. The topological polar surface area (TPSA) is 66.9 Å². The van der Waals surface area contributed by atoms with Crippen molar-refractivity contribution in [3.05, 3.63) is 46.6 Å². The van der Waals surface area contributed by atoms with Crippen LogP contribution in [0.15, 0.2) is 30.3 Å². The summed E-state index contributed by atoms with van der Waals surface area (Å²) in [4.78, 5) is 11.7. The minimum absolute atomic E-state index is 0.210. The van der Waals surface area contributed by atoms with Crippen LogP contribution in [0.3, 0.4) is 0 Å². The van der Waals surface area contributed by atoms with E-state index in [1.54, 1.807) is 18.2 Å². The lowest BCUT2D eigenvalue weighted by atomic mass is 10.2. The van der Waals surface area contributed by atoms with Crippen LogP contribution in [-0.4, -0.2) is 22.6 Å². The maximum Gasteiger partial charge on any atom is 0.271 e. The molecule has 0 aliphatic carbocycles. The summed E-state index contributed by atoms with van der Waals surface area (Å²) in [6.07, 6.45) is 0.884. The third kappa shape index (κ3) is 4.16. The molecular weight excluding hydrogens is 288 g/mol. The molecule has 0 saturated carbocycles. The van der Waals surface area contributed by atoms with Crippen molar-refractivity contribution in [1.29, 1.82) is 0 Å². The molecule has 0 bridgehead atoms. The number of nitrogens with one attached hydrogen (secondary N) is 2. The zero-order valence-corrected chi connectivity index (χ0v) is 12.7. The van der Waals surface area contributed by atoms with E-state index in [4.69, 9.17) is 11.6 Å². The first-order chi connectivity index (χ1) is 10.1. The van der Waals surface area contributed by atoms with Crippen molar-refractivity contribution in [2.75, 3.05) is 11.9 Å². The second-order valence-electron chi connectivity index (χ2n) is 4.64. The number of nitrogens with zero attached hydrogens (tertiary/aromatic N) is 2. The summed E-state index contributed by atoms with van der Waals surface area (Å²) in [5.74, 6) is 0.367. The number of amides is 1. The van der Waals surface area contributed by atoms with E-state index in [1.165, 1.54) is 0 Å². The number of rotatable bonds is 5. The van der Waals surface area contributed by atoms with Crippen LogP contribution in [0.4, 0.5) is 11.5 Å². The molecular formula is C15H17ClN4O. The molecule has 0 aliphatic rings. The summed E-state index contributed by atoms with van der Waals surface area (Å²) in [7, 11) is 0. The number of halogens is 1. The molecule has 2 rings (SSSR count). The Kier molecular flexibility index (Phi) is 5.11. The highest BCUT2D eigenvalue weighted by Crippen LogP contribution is 2.22. The monoisotopic (exact) mass is 304 g/mol. The second-order valence-corrected chi connectivity index (χ2v) is 5.08. The van der Waals surface area contributed by atoms with Gasteiger partial charge in [-0.3, -0.25) is 4.79 Å². The van der Waals surface area contributed by atoms with Gasteiger partial charge in [0.1, 0.15) is 0 Å². The Hall–Kier alpha value is -2.14. The van der Waals surface area contributed by atoms with Gasteiger partial charge in [-0.1, -0.05) is 18.5 Å². The van der Waals surface area contributed by atoms with Crippen LogP contribution in [0.5, 0.6) is 0 Å². The van der Waals surface area contributed by atoms with Gasteiger partial charge in [0, 0.05) is 17.3 Å². The highest BCUT2D eigenvalue weighted by Gasteiger charge is 2.07. The zero-order valence-electron chi connectivity index (χ0n) is 12.0. The van der Waals surface area contributed by atoms with Crippen molar-refractivity contribution in [2.45, 2.75) is 20.3 Å². The zero-order chi connectivity index (χ0) is 15.2. The molecule has 0 saturated heterocycles. The Morgan fingerprint density at radius 2 is 2.05 bits per heavy atom. The van der Waals surface area contributed by atoms with E-state index in [9.17, 15) is 4.79 Å². The lowest BCUT2D eigenvalue weighted by Gasteiger charge is -2.09. The predicted molar refractivity (Wildman–Crippen MR) is 84.1 cm³/mol. The summed E-state index contributed by atoms with van der Waals surface area (Å²) >= 11 is 5.92. The number of hydrogen-bond acceptors (Lipinski definition) is 4. The molecule has 5 nitrogen and oxygen atoms in total. The van der Waals surface area contributed by atoms with Crippen LogP contribution >= 0.6 is 11.6 Å². The molecule has 0 fully saturated rings. The van der Waals surface area contributed by atoms with Crippen molar-refractivity contribution in [3.63, 3.8) is 0 Å². The largest absolute Gasteiger partial charge is 0.351 e. The lowest BCUT2D eigenvalue weighted by molar-refractivity contribution is 0.0947. The molecule has 6 heteroatoms. The van der Waals surface area contributed by atoms with E-state index >= 15 is 0 Å². The summed E-state index contributed by atoms with van der Waals surface area (Å²) in [5, 5.41) is 14.5. The maximum absolute atomic E-state index is 11.7. The summed E-state index contributed by atoms with van der Waals surface area (Å²) in [5.41, 5.74) is 2.22. The summed E-state index contributed by atoms with van der Waals surface area (Å²) in [6.45, 7) is 4.58. The third-order valence-corrected chi connectivity index (χ3v) is 3.12. The van der Waals surface area contributed by atoms with Gasteiger partial charge < -0.3 is 10.6 Å². The molecule has 0 aliphatic heterocycles. The number of aryl methyl sites for hydroxylation is 1. The van der Waals surface area contributed by atoms with Gasteiger partial charge in [0.25, 0.3) is 5.91 Å². The van der Waals surface area contributed by atoms with E-state index in [1.807, 2.05) is 26.0 Å². The first-order valence-corrected chi connectivity index (χ1v) is 7.13. The van der Waals surface area contributed by atoms with Crippen LogP contribution in [0, 0.1) is 6.92 Å². The predicted octanol–water partition coefficient (Wildman–Crippen LogP) is 3.32. The molecule has 0 atom stereocenters. The molecule has 0 unspecified atom stereocenters. The van der Waals surface area contributed by atoms with Gasteiger partial charge in [0.15, 0.2) is 11.5 Å². The standard InChI is InChI=1S/C15H17ClN4O/c1-3-8-17-15(21)13-6-7-14(20-19-13)18-12-5-4-11(16)9-10(12)2/h4-7,9H,3,8H2,1-2H3,(H,17,21)(H,18,20). The third-order valence-electron chi connectivity index (χ3n) is 2.88. The molecule has 1 aromatic carbocycles. The van der Waals surface area contributed by atoms with E-state index in [-0.39, 0.29) is 5.91 Å². The van der Waals surface area contributed by atoms with Gasteiger partial charge in [-0.2, -0.15) is 0 Å². The van der Waals surface area contributed by atoms with E-state index < -0.39 is 0 Å². The molecule has 1 aromatic heterocycles. The Morgan fingerprint density at radius 3 is 2.67 bits per heavy atom. The normalized spacial score (nSPS) is 10.2. The minimum atomic E-state index is -0.210. The number of carbonyl (C=O) groups is 1. The summed E-state index contributed by atoms with van der Waals surface area (Å²) in [6, 6.07) is 8.91. The van der Waals surface area contributed by atoms with Crippen molar-refractivity contribution in [2.24, 2.45) is 0 Å². The lowest BCUT2D eigenvalue weighted by Crippen LogP contribution is -2.25. The Labute approximate surface area is 128 Å². The van der Waals surface area contributed by atoms with Crippen LogP contribution in [0.25, 0.3) is 0 Å². The van der Waals surface area contributed by atoms with E-state index in [0.717, 1.165) is 17.7 Å². The molecule has 0 spiro atoms. The van der Waals surface area contributed by atoms with Gasteiger partial charge in [0.05, 0.1) is 0 Å². The van der Waals surface area contributed by atoms with Gasteiger partial charge in [0.2, 0.25) is 0 Å². The van der Waals surface area contributed by atoms with Crippen molar-refractivity contribution in [3.8, 4) is 0 Å². The average molecular weight is 305 g/mol. The minimum Gasteiger partial charge on any atom is -0.351 e. The average Bonchev–Trinajstić information content (AvgIpc) is 2.48. The molecule has 2 N–H and O–H groups in total. The SMILES string of the molecule is CCCNC(=O)c1ccc(Nc2ccc(Cl)cc2C)nn1. The Morgan fingerprint density at radius 1 is 1.24 bits per heavy atom. The van der Waals surface area contributed by atoms with Crippen molar-refractivity contribution >= 4 is 29.0 Å². The Balaban J connectivity index is 2.07. The molecule has 1 amide bonds. The fourth-order valence-electron chi connectivity index (χ4n) is 1.75. The molecule has 2 aromatic rings. The number of aromatic nitrogens is 2. The van der Waals surface area contributed by atoms with Crippen LogP contribution in [0.2, 0.25) is 5.02 Å². The number of benzene rings is 1. The van der Waals surface area contributed by atoms with Crippen molar-refractivity contribution in [1.82, 2.24) is 15.5 Å². The fourth-order valence-corrected chi connectivity index (χ4v) is 1.98. The van der Waals surface area contributed by atoms with Crippen LogP contribution in [0.1, 0.15) is 29.4 Å². The van der Waals surface area contributed by atoms with Gasteiger partial charge in [-0.15, -0.1) is 10.2 Å². The van der Waals surface area contributed by atoms with E-state index in [0.29, 0.717) is 23.1 Å². The number of carbonyl (C=O) groups excluding carboxylic acids is 1. The molecule has 110 valence electrons. The summed E-state index contributed by atoms with van der Waals surface area (Å²) < 4.78 is 0. The van der Waals surface area contributed by atoms with Crippen LogP contribution in [-0.2, 0) is 0 Å². The Bertz CT molecular complexity index is 628. The first kappa shape index (κ1) is 15.3.